The van der Waals surface area contributed by atoms with Gasteiger partial charge in [-0.3, -0.25) is 14.9 Å². The minimum atomic E-state index is -0.397. The van der Waals surface area contributed by atoms with E-state index in [9.17, 15) is 14.9 Å². The number of hydrogen-bond acceptors (Lipinski definition) is 6. The van der Waals surface area contributed by atoms with E-state index >= 15 is 0 Å². The Balaban J connectivity index is 1.31. The van der Waals surface area contributed by atoms with Gasteiger partial charge in [-0.1, -0.05) is 0 Å². The first-order valence-electron chi connectivity index (χ1n) is 9.56. The molecular weight excluding hydrogens is 376 g/mol. The number of nitro groups is 1. The summed E-state index contributed by atoms with van der Waals surface area (Å²) >= 11 is 0. The van der Waals surface area contributed by atoms with Gasteiger partial charge >= 0.3 is 0 Å². The van der Waals surface area contributed by atoms with E-state index in [0.717, 1.165) is 31.9 Å². The van der Waals surface area contributed by atoms with E-state index in [2.05, 4.69) is 10.2 Å². The number of ether oxygens (including phenoxy) is 2. The molecule has 2 aromatic carbocycles. The van der Waals surface area contributed by atoms with E-state index in [-0.39, 0.29) is 24.4 Å². The Morgan fingerprint density at radius 1 is 1.14 bits per heavy atom. The van der Waals surface area contributed by atoms with Crippen molar-refractivity contribution in [3.8, 4) is 11.5 Å². The maximum Gasteiger partial charge on any atom is 0.282 e. The molecule has 0 aromatic heterocycles. The van der Waals surface area contributed by atoms with Gasteiger partial charge in [0.1, 0.15) is 0 Å². The van der Waals surface area contributed by atoms with Gasteiger partial charge in [0, 0.05) is 29.6 Å². The van der Waals surface area contributed by atoms with Crippen LogP contribution in [0.5, 0.6) is 11.5 Å². The molecule has 4 rings (SSSR count). The highest BCUT2D eigenvalue weighted by Gasteiger charge is 2.29. The van der Waals surface area contributed by atoms with Crippen LogP contribution in [0.3, 0.4) is 0 Å². The Bertz CT molecular complexity index is 910. The first-order valence-corrected chi connectivity index (χ1v) is 9.56. The summed E-state index contributed by atoms with van der Waals surface area (Å²) in [6, 6.07) is 11.8. The maximum atomic E-state index is 12.7. The van der Waals surface area contributed by atoms with Crippen molar-refractivity contribution in [2.45, 2.75) is 13.0 Å². The number of carbonyl (C=O) groups is 1. The van der Waals surface area contributed by atoms with Crippen LogP contribution in [0.4, 0.5) is 17.1 Å². The summed E-state index contributed by atoms with van der Waals surface area (Å²) in [5.74, 6) is 1.28. The molecule has 1 saturated heterocycles. The summed E-state index contributed by atoms with van der Waals surface area (Å²) in [5, 5.41) is 13.8. The van der Waals surface area contributed by atoms with Crippen LogP contribution < -0.4 is 24.6 Å². The summed E-state index contributed by atoms with van der Waals surface area (Å²) in [6.45, 7) is 5.33. The molecule has 9 heteroatoms. The summed E-state index contributed by atoms with van der Waals surface area (Å²) in [6.07, 6.45) is 0. The number of hydrogen-bond donors (Lipinski definition) is 2. The molecule has 152 valence electrons. The van der Waals surface area contributed by atoms with E-state index in [0.29, 0.717) is 17.2 Å². The van der Waals surface area contributed by atoms with Gasteiger partial charge in [0.15, 0.2) is 17.5 Å². The highest BCUT2D eigenvalue weighted by atomic mass is 16.7. The molecule has 0 spiro atoms. The van der Waals surface area contributed by atoms with Crippen LogP contribution in [-0.2, 0) is 4.79 Å². The number of quaternary nitrogens is 1. The van der Waals surface area contributed by atoms with E-state index in [1.54, 1.807) is 30.3 Å². The number of amides is 1. The van der Waals surface area contributed by atoms with Gasteiger partial charge in [0.05, 0.1) is 31.1 Å². The largest absolute Gasteiger partial charge is 0.454 e. The first kappa shape index (κ1) is 19.0. The number of carbonyl (C=O) groups excluding carboxylic acids is 1. The number of nitro benzene ring substituents is 1. The Labute approximate surface area is 168 Å². The van der Waals surface area contributed by atoms with Gasteiger partial charge < -0.3 is 24.6 Å². The monoisotopic (exact) mass is 399 g/mol. The van der Waals surface area contributed by atoms with Gasteiger partial charge in [-0.15, -0.1) is 0 Å². The van der Waals surface area contributed by atoms with Crippen molar-refractivity contribution < 1.29 is 24.1 Å². The zero-order valence-electron chi connectivity index (χ0n) is 16.1. The number of non-ortho nitro benzene ring substituents is 1. The molecule has 2 aliphatic heterocycles. The average Bonchev–Trinajstić information content (AvgIpc) is 3.21. The Morgan fingerprint density at radius 3 is 2.52 bits per heavy atom. The normalized spacial score (nSPS) is 17.1. The zero-order valence-corrected chi connectivity index (χ0v) is 16.1. The Morgan fingerprint density at radius 2 is 1.83 bits per heavy atom. The lowest BCUT2D eigenvalue weighted by molar-refractivity contribution is -0.914. The first-order chi connectivity index (χ1) is 14.0. The zero-order chi connectivity index (χ0) is 20.4. The minimum Gasteiger partial charge on any atom is -0.454 e. The van der Waals surface area contributed by atoms with Gasteiger partial charge in [0.25, 0.3) is 11.6 Å². The molecule has 0 bridgehead atoms. The smallest absolute Gasteiger partial charge is 0.282 e. The molecule has 0 unspecified atom stereocenters. The van der Waals surface area contributed by atoms with Gasteiger partial charge in [0.2, 0.25) is 6.79 Å². The highest BCUT2D eigenvalue weighted by Crippen LogP contribution is 2.34. The topological polar surface area (TPSA) is 98.4 Å². The molecule has 0 saturated carbocycles. The quantitative estimate of drug-likeness (QED) is 0.576. The molecule has 2 aromatic rings. The predicted molar refractivity (Wildman–Crippen MR) is 107 cm³/mol. The van der Waals surface area contributed by atoms with Crippen LogP contribution in [-0.4, -0.2) is 49.8 Å². The third-order valence-electron chi connectivity index (χ3n) is 5.48. The van der Waals surface area contributed by atoms with E-state index < -0.39 is 4.92 Å². The SMILES string of the molecule is C[C@@H](C(=O)Nc1ccc2c(c1)OCO2)[NH+]1CCN(c2ccc([N+](=O)[O-])cc2)CC1. The molecule has 0 radical (unpaired) electrons. The predicted octanol–water partition coefficient (Wildman–Crippen LogP) is 1.06. The summed E-state index contributed by atoms with van der Waals surface area (Å²) in [5.41, 5.74) is 1.74. The van der Waals surface area contributed by atoms with Crippen LogP contribution in [0.25, 0.3) is 0 Å². The number of fused-ring (bicyclic) bond motifs is 1. The number of rotatable bonds is 5. The van der Waals surface area contributed by atoms with Crippen molar-refractivity contribution in [1.82, 2.24) is 0 Å². The fourth-order valence-electron chi connectivity index (χ4n) is 3.68. The van der Waals surface area contributed by atoms with E-state index in [4.69, 9.17) is 9.47 Å². The van der Waals surface area contributed by atoms with Gasteiger partial charge in [-0.25, -0.2) is 0 Å². The van der Waals surface area contributed by atoms with Crippen LogP contribution in [0.15, 0.2) is 42.5 Å². The molecular formula is C20H23N4O5+. The summed E-state index contributed by atoms with van der Waals surface area (Å²) in [4.78, 5) is 26.5. The fourth-order valence-corrected chi connectivity index (χ4v) is 3.68. The molecule has 1 fully saturated rings. The Hall–Kier alpha value is -3.33. The lowest BCUT2D eigenvalue weighted by Gasteiger charge is -2.36. The molecule has 9 nitrogen and oxygen atoms in total. The number of nitrogens with one attached hydrogen (secondary N) is 2. The van der Waals surface area contributed by atoms with Crippen LogP contribution in [0.1, 0.15) is 6.92 Å². The fraction of sp³-hybridized carbons (Fsp3) is 0.350. The van der Waals surface area contributed by atoms with E-state index in [1.165, 1.54) is 17.0 Å². The molecule has 2 aliphatic rings. The molecule has 0 aliphatic carbocycles. The number of nitrogens with zero attached hydrogens (tertiary/aromatic N) is 2. The lowest BCUT2D eigenvalue weighted by atomic mass is 10.2. The van der Waals surface area contributed by atoms with Crippen molar-refractivity contribution >= 4 is 23.0 Å². The second-order valence-corrected chi connectivity index (χ2v) is 7.20. The van der Waals surface area contributed by atoms with Gasteiger partial charge in [-0.05, 0) is 31.2 Å². The van der Waals surface area contributed by atoms with Crippen molar-refractivity contribution in [2.24, 2.45) is 0 Å². The second-order valence-electron chi connectivity index (χ2n) is 7.20. The van der Waals surface area contributed by atoms with Crippen LogP contribution in [0.2, 0.25) is 0 Å². The van der Waals surface area contributed by atoms with E-state index in [1.807, 2.05) is 6.92 Å². The highest BCUT2D eigenvalue weighted by molar-refractivity contribution is 5.94. The lowest BCUT2D eigenvalue weighted by Crippen LogP contribution is -3.19. The van der Waals surface area contributed by atoms with Crippen molar-refractivity contribution in [3.63, 3.8) is 0 Å². The molecule has 2 heterocycles. The van der Waals surface area contributed by atoms with Crippen LogP contribution >= 0.6 is 0 Å². The molecule has 29 heavy (non-hydrogen) atoms. The maximum absolute atomic E-state index is 12.7. The van der Waals surface area contributed by atoms with Crippen molar-refractivity contribution in [2.75, 3.05) is 43.2 Å². The van der Waals surface area contributed by atoms with Crippen molar-refractivity contribution in [1.29, 1.82) is 0 Å². The molecule has 1 amide bonds. The molecule has 1 atom stereocenters. The number of anilines is 2. The average molecular weight is 399 g/mol. The minimum absolute atomic E-state index is 0.0392. The standard InChI is InChI=1S/C20H22N4O5/c1-14(20(25)21-15-2-7-18-19(12-15)29-13-28-18)22-8-10-23(11-9-22)16-3-5-17(6-4-16)24(26)27/h2-7,12,14H,8-11,13H2,1H3,(H,21,25)/p+1/t14-/m0/s1. The Kier molecular flexibility index (Phi) is 5.22. The third-order valence-corrected chi connectivity index (χ3v) is 5.48. The van der Waals surface area contributed by atoms with Crippen LogP contribution in [0, 0.1) is 10.1 Å². The van der Waals surface area contributed by atoms with Gasteiger partial charge in [-0.2, -0.15) is 0 Å². The number of piperazine rings is 1. The molecule has 2 N–H and O–H groups in total. The second kappa shape index (κ2) is 7.96. The summed E-state index contributed by atoms with van der Waals surface area (Å²) in [7, 11) is 0. The summed E-state index contributed by atoms with van der Waals surface area (Å²) < 4.78 is 10.6. The van der Waals surface area contributed by atoms with Crippen molar-refractivity contribution in [3.05, 3.63) is 52.6 Å². The number of benzene rings is 2. The third kappa shape index (κ3) is 4.09.